The lowest BCUT2D eigenvalue weighted by Gasteiger charge is -2.51. The van der Waals surface area contributed by atoms with Crippen LogP contribution in [0.5, 0.6) is 0 Å². The Balaban J connectivity index is 1.27. The zero-order valence-corrected chi connectivity index (χ0v) is 15.5. The summed E-state index contributed by atoms with van der Waals surface area (Å²) in [5.41, 5.74) is 0.382. The second-order valence-corrected chi connectivity index (χ2v) is 8.61. The van der Waals surface area contributed by atoms with Gasteiger partial charge in [-0.3, -0.25) is 9.69 Å². The number of carboxylic acids is 1. The van der Waals surface area contributed by atoms with E-state index in [9.17, 15) is 4.79 Å². The van der Waals surface area contributed by atoms with Gasteiger partial charge in [0.2, 0.25) is 0 Å². The van der Waals surface area contributed by atoms with E-state index in [0.29, 0.717) is 11.5 Å². The zero-order valence-electron chi connectivity index (χ0n) is 15.5. The quantitative estimate of drug-likeness (QED) is 0.803. The average Bonchev–Trinajstić information content (AvgIpc) is 2.53. The first-order valence-corrected chi connectivity index (χ1v) is 9.89. The monoisotopic (exact) mass is 337 g/mol. The summed E-state index contributed by atoms with van der Waals surface area (Å²) in [5.74, 6) is -0.637. The molecule has 0 radical (unpaired) electrons. The fraction of sp³-hybridized carbons (Fsp3) is 0.947. The van der Waals surface area contributed by atoms with E-state index in [1.165, 1.54) is 71.6 Å². The van der Waals surface area contributed by atoms with Crippen LogP contribution in [0.2, 0.25) is 0 Å². The molecule has 2 heterocycles. The van der Waals surface area contributed by atoms with Crippen LogP contribution in [0.3, 0.4) is 0 Å². The fourth-order valence-corrected chi connectivity index (χ4v) is 4.84. The van der Waals surface area contributed by atoms with Crippen molar-refractivity contribution in [2.24, 2.45) is 11.3 Å². The second kappa shape index (κ2) is 7.71. The van der Waals surface area contributed by atoms with E-state index in [0.717, 1.165) is 12.8 Å². The summed E-state index contributed by atoms with van der Waals surface area (Å²) in [4.78, 5) is 18.8. The van der Waals surface area contributed by atoms with Crippen LogP contribution < -0.4 is 0 Å². The van der Waals surface area contributed by atoms with Gasteiger partial charge in [-0.2, -0.15) is 0 Å². The minimum Gasteiger partial charge on any atom is -0.481 e. The van der Waals surface area contributed by atoms with Gasteiger partial charge in [0.15, 0.2) is 0 Å². The number of nitrogens with zero attached hydrogens (tertiary/aromatic N) is 3. The zero-order chi connectivity index (χ0) is 17.2. The normalized spacial score (nSPS) is 26.8. The molecule has 3 rings (SSSR count). The number of rotatable bonds is 6. The van der Waals surface area contributed by atoms with Crippen molar-refractivity contribution < 1.29 is 9.90 Å². The van der Waals surface area contributed by atoms with Gasteiger partial charge in [0.1, 0.15) is 0 Å². The minimum absolute atomic E-state index is 0.0546. The molecule has 2 saturated heterocycles. The predicted octanol–water partition coefficient (Wildman–Crippen LogP) is 1.98. The Morgan fingerprint density at radius 2 is 1.54 bits per heavy atom. The van der Waals surface area contributed by atoms with Crippen LogP contribution in [0, 0.1) is 11.3 Å². The van der Waals surface area contributed by atoms with Gasteiger partial charge in [-0.25, -0.2) is 0 Å². The van der Waals surface area contributed by atoms with Crippen molar-refractivity contribution in [1.82, 2.24) is 14.7 Å². The third-order valence-corrected chi connectivity index (χ3v) is 6.71. The molecule has 0 unspecified atom stereocenters. The smallest absolute Gasteiger partial charge is 0.306 e. The molecule has 1 N–H and O–H groups in total. The third-order valence-electron chi connectivity index (χ3n) is 6.71. The summed E-state index contributed by atoms with van der Waals surface area (Å²) in [6.45, 7) is 14.2. The molecule has 138 valence electrons. The van der Waals surface area contributed by atoms with Gasteiger partial charge in [0, 0.05) is 32.2 Å². The van der Waals surface area contributed by atoms with E-state index < -0.39 is 5.97 Å². The molecule has 1 aliphatic carbocycles. The van der Waals surface area contributed by atoms with Crippen LogP contribution in [0.15, 0.2) is 0 Å². The molecule has 24 heavy (non-hydrogen) atoms. The average molecular weight is 338 g/mol. The number of hydrogen-bond donors (Lipinski definition) is 1. The minimum atomic E-state index is -0.583. The van der Waals surface area contributed by atoms with Crippen LogP contribution >= 0.6 is 0 Å². The molecule has 0 aromatic rings. The third kappa shape index (κ3) is 4.30. The van der Waals surface area contributed by atoms with Crippen LogP contribution in [-0.4, -0.2) is 84.2 Å². The second-order valence-electron chi connectivity index (χ2n) is 8.61. The van der Waals surface area contributed by atoms with E-state index >= 15 is 0 Å². The largest absolute Gasteiger partial charge is 0.481 e. The fourth-order valence-electron chi connectivity index (χ4n) is 4.84. The van der Waals surface area contributed by atoms with Gasteiger partial charge in [-0.1, -0.05) is 0 Å². The number of piperazine rings is 1. The SMILES string of the molecule is CC(C)N1CCN(CCCN2CCC3(CC2)CC(C(=O)O)C3)CC1. The van der Waals surface area contributed by atoms with Crippen molar-refractivity contribution in [3.63, 3.8) is 0 Å². The highest BCUT2D eigenvalue weighted by atomic mass is 16.4. The van der Waals surface area contributed by atoms with Gasteiger partial charge >= 0.3 is 5.97 Å². The molecule has 0 bridgehead atoms. The number of carboxylic acid groups (broad SMARTS) is 1. The first-order chi connectivity index (χ1) is 11.5. The molecule has 0 aromatic heterocycles. The standard InChI is InChI=1S/C19H35N3O2/c1-16(2)22-12-10-21(11-13-22)7-3-6-20-8-4-19(5-9-20)14-17(15-19)18(23)24/h16-17H,3-15H2,1-2H3,(H,23,24). The maximum Gasteiger partial charge on any atom is 0.306 e. The number of aliphatic carboxylic acids is 1. The molecule has 5 heteroatoms. The van der Waals surface area contributed by atoms with Crippen molar-refractivity contribution in [2.45, 2.75) is 52.0 Å². The highest BCUT2D eigenvalue weighted by Crippen LogP contribution is 2.52. The molecule has 3 aliphatic rings. The Bertz CT molecular complexity index is 416. The molecule has 3 fully saturated rings. The summed E-state index contributed by atoms with van der Waals surface area (Å²) in [7, 11) is 0. The lowest BCUT2D eigenvalue weighted by atomic mass is 9.57. The summed E-state index contributed by atoms with van der Waals surface area (Å²) >= 11 is 0. The lowest BCUT2D eigenvalue weighted by Crippen LogP contribution is -2.50. The first-order valence-electron chi connectivity index (χ1n) is 9.89. The van der Waals surface area contributed by atoms with Crippen molar-refractivity contribution in [1.29, 1.82) is 0 Å². The molecule has 1 saturated carbocycles. The van der Waals surface area contributed by atoms with Crippen LogP contribution in [0.4, 0.5) is 0 Å². The Morgan fingerprint density at radius 3 is 2.04 bits per heavy atom. The van der Waals surface area contributed by atoms with Gasteiger partial charge < -0.3 is 14.9 Å². The van der Waals surface area contributed by atoms with Crippen molar-refractivity contribution in [3.8, 4) is 0 Å². The van der Waals surface area contributed by atoms with Crippen LogP contribution in [0.25, 0.3) is 0 Å². The Kier molecular flexibility index (Phi) is 5.83. The topological polar surface area (TPSA) is 47.0 Å². The molecule has 1 spiro atoms. The van der Waals surface area contributed by atoms with E-state index in [1.807, 2.05) is 0 Å². The Morgan fingerprint density at radius 1 is 1.00 bits per heavy atom. The van der Waals surface area contributed by atoms with Gasteiger partial charge in [0.25, 0.3) is 0 Å². The van der Waals surface area contributed by atoms with E-state index in [4.69, 9.17) is 5.11 Å². The maximum atomic E-state index is 11.0. The molecular formula is C19H35N3O2. The van der Waals surface area contributed by atoms with Gasteiger partial charge in [-0.15, -0.1) is 0 Å². The first kappa shape index (κ1) is 18.2. The number of likely N-dealkylation sites (tertiary alicyclic amines) is 1. The van der Waals surface area contributed by atoms with Crippen LogP contribution in [-0.2, 0) is 4.79 Å². The number of piperidine rings is 1. The molecule has 0 amide bonds. The summed E-state index contributed by atoms with van der Waals surface area (Å²) in [6, 6.07) is 0.681. The van der Waals surface area contributed by atoms with Crippen molar-refractivity contribution in [3.05, 3.63) is 0 Å². The van der Waals surface area contributed by atoms with E-state index in [1.54, 1.807) is 0 Å². The highest BCUT2D eigenvalue weighted by Gasteiger charge is 2.48. The molecule has 0 aromatic carbocycles. The maximum absolute atomic E-state index is 11.0. The van der Waals surface area contributed by atoms with Gasteiger partial charge in [0.05, 0.1) is 5.92 Å². The lowest BCUT2D eigenvalue weighted by molar-refractivity contribution is -0.152. The summed E-state index contributed by atoms with van der Waals surface area (Å²) in [5, 5.41) is 9.07. The molecule has 5 nitrogen and oxygen atoms in total. The number of carbonyl (C=O) groups is 1. The molecule has 2 aliphatic heterocycles. The summed E-state index contributed by atoms with van der Waals surface area (Å²) in [6.07, 6.45) is 5.55. The highest BCUT2D eigenvalue weighted by molar-refractivity contribution is 5.71. The van der Waals surface area contributed by atoms with E-state index in [-0.39, 0.29) is 5.92 Å². The van der Waals surface area contributed by atoms with Crippen molar-refractivity contribution in [2.75, 3.05) is 52.4 Å². The Labute approximate surface area is 147 Å². The summed E-state index contributed by atoms with van der Waals surface area (Å²) < 4.78 is 0. The Hall–Kier alpha value is -0.650. The van der Waals surface area contributed by atoms with Crippen molar-refractivity contribution >= 4 is 5.97 Å². The van der Waals surface area contributed by atoms with Gasteiger partial charge in [-0.05, 0) is 77.5 Å². The molecule has 0 atom stereocenters. The van der Waals surface area contributed by atoms with E-state index in [2.05, 4.69) is 28.5 Å². The predicted molar refractivity (Wildman–Crippen MR) is 96.2 cm³/mol. The number of hydrogen-bond acceptors (Lipinski definition) is 4. The van der Waals surface area contributed by atoms with Crippen LogP contribution in [0.1, 0.15) is 46.0 Å². The molecular weight excluding hydrogens is 302 g/mol.